The van der Waals surface area contributed by atoms with Crippen LogP contribution in [0.3, 0.4) is 0 Å². The first-order valence-corrected chi connectivity index (χ1v) is 7.60. The second-order valence-corrected chi connectivity index (χ2v) is 5.70. The van der Waals surface area contributed by atoms with E-state index < -0.39 is 6.04 Å². The molecule has 5 nitrogen and oxygen atoms in total. The maximum Gasteiger partial charge on any atom is 0.247 e. The van der Waals surface area contributed by atoms with Crippen LogP contribution >= 0.6 is 0 Å². The number of hydrogen-bond acceptors (Lipinski definition) is 3. The summed E-state index contributed by atoms with van der Waals surface area (Å²) in [6, 6.07) is 14.9. The summed E-state index contributed by atoms with van der Waals surface area (Å²) in [5.41, 5.74) is 3.80. The molecule has 0 aliphatic carbocycles. The lowest BCUT2D eigenvalue weighted by Gasteiger charge is -2.26. The highest BCUT2D eigenvalue weighted by Crippen LogP contribution is 2.26. The zero-order valence-electron chi connectivity index (χ0n) is 12.9. The van der Waals surface area contributed by atoms with Gasteiger partial charge < -0.3 is 16.0 Å². The molecular formula is C18H19N3O2. The zero-order valence-corrected chi connectivity index (χ0v) is 12.9. The fourth-order valence-corrected chi connectivity index (χ4v) is 2.50. The van der Waals surface area contributed by atoms with Crippen molar-refractivity contribution >= 4 is 23.2 Å². The first-order valence-electron chi connectivity index (χ1n) is 7.60. The van der Waals surface area contributed by atoms with Gasteiger partial charge in [0.1, 0.15) is 6.04 Å². The van der Waals surface area contributed by atoms with E-state index in [1.54, 1.807) is 0 Å². The molecule has 1 heterocycles. The van der Waals surface area contributed by atoms with Crippen LogP contribution in [0.4, 0.5) is 11.4 Å². The Hall–Kier alpha value is -2.82. The Morgan fingerprint density at radius 3 is 2.52 bits per heavy atom. The number of anilines is 2. The van der Waals surface area contributed by atoms with Crippen molar-refractivity contribution in [2.75, 3.05) is 10.6 Å². The second kappa shape index (κ2) is 6.52. The highest BCUT2D eigenvalue weighted by molar-refractivity contribution is 6.04. The highest BCUT2D eigenvalue weighted by atomic mass is 16.2. The van der Waals surface area contributed by atoms with Crippen molar-refractivity contribution in [3.8, 4) is 0 Å². The zero-order chi connectivity index (χ0) is 16.2. The molecule has 23 heavy (non-hydrogen) atoms. The van der Waals surface area contributed by atoms with Gasteiger partial charge >= 0.3 is 0 Å². The summed E-state index contributed by atoms with van der Waals surface area (Å²) in [7, 11) is 0. The molecule has 0 unspecified atom stereocenters. The van der Waals surface area contributed by atoms with Gasteiger partial charge in [-0.1, -0.05) is 42.0 Å². The van der Waals surface area contributed by atoms with Crippen LogP contribution in [-0.4, -0.2) is 17.9 Å². The van der Waals surface area contributed by atoms with Crippen molar-refractivity contribution in [1.29, 1.82) is 0 Å². The summed E-state index contributed by atoms with van der Waals surface area (Å²) in [4.78, 5) is 24.1. The molecule has 1 atom stereocenters. The lowest BCUT2D eigenvalue weighted by Crippen LogP contribution is -2.42. The van der Waals surface area contributed by atoms with E-state index in [1.807, 2.05) is 55.5 Å². The highest BCUT2D eigenvalue weighted by Gasteiger charge is 2.27. The van der Waals surface area contributed by atoms with Crippen molar-refractivity contribution < 1.29 is 9.59 Å². The molecule has 0 radical (unpaired) electrons. The Morgan fingerprint density at radius 2 is 1.78 bits per heavy atom. The second-order valence-electron chi connectivity index (χ2n) is 5.70. The van der Waals surface area contributed by atoms with E-state index >= 15 is 0 Å². The van der Waals surface area contributed by atoms with Crippen LogP contribution in [0, 0.1) is 6.92 Å². The van der Waals surface area contributed by atoms with Gasteiger partial charge in [-0.25, -0.2) is 0 Å². The minimum absolute atomic E-state index is 0.103. The monoisotopic (exact) mass is 309 g/mol. The third-order valence-corrected chi connectivity index (χ3v) is 3.83. The first-order chi connectivity index (χ1) is 11.1. The number of hydrogen-bond donors (Lipinski definition) is 3. The van der Waals surface area contributed by atoms with Crippen LogP contribution in [0.15, 0.2) is 48.5 Å². The molecule has 0 spiro atoms. The molecule has 0 fully saturated rings. The molecule has 0 saturated heterocycles. The van der Waals surface area contributed by atoms with Crippen LogP contribution in [0.1, 0.15) is 17.5 Å². The maximum atomic E-state index is 12.1. The van der Waals surface area contributed by atoms with Gasteiger partial charge in [0.05, 0.1) is 17.8 Å². The third kappa shape index (κ3) is 3.69. The van der Waals surface area contributed by atoms with Crippen LogP contribution in [0.5, 0.6) is 0 Å². The number of nitrogens with one attached hydrogen (secondary N) is 3. The molecule has 1 aliphatic rings. The Balaban J connectivity index is 1.56. The number of para-hydroxylation sites is 2. The summed E-state index contributed by atoms with van der Waals surface area (Å²) in [5, 5.41) is 8.78. The van der Waals surface area contributed by atoms with E-state index in [0.29, 0.717) is 6.54 Å². The molecule has 0 aromatic heterocycles. The van der Waals surface area contributed by atoms with E-state index in [4.69, 9.17) is 0 Å². The first kappa shape index (κ1) is 15.1. The predicted octanol–water partition coefficient (Wildman–Crippen LogP) is 2.43. The van der Waals surface area contributed by atoms with Crippen LogP contribution in [0.2, 0.25) is 0 Å². The Kier molecular flexibility index (Phi) is 4.28. The molecule has 118 valence electrons. The molecular weight excluding hydrogens is 290 g/mol. The maximum absolute atomic E-state index is 12.1. The molecule has 0 bridgehead atoms. The quantitative estimate of drug-likeness (QED) is 0.812. The van der Waals surface area contributed by atoms with Gasteiger partial charge in [0.2, 0.25) is 11.8 Å². The van der Waals surface area contributed by atoms with Gasteiger partial charge in [-0.2, -0.15) is 0 Å². The van der Waals surface area contributed by atoms with E-state index in [2.05, 4.69) is 16.0 Å². The molecule has 3 rings (SSSR count). The average molecular weight is 309 g/mol. The molecule has 1 aliphatic heterocycles. The summed E-state index contributed by atoms with van der Waals surface area (Å²) in [6.07, 6.45) is 0.103. The minimum Gasteiger partial charge on any atom is -0.372 e. The smallest absolute Gasteiger partial charge is 0.247 e. The Morgan fingerprint density at radius 1 is 1.09 bits per heavy atom. The van der Waals surface area contributed by atoms with Crippen LogP contribution < -0.4 is 16.0 Å². The van der Waals surface area contributed by atoms with E-state index in [0.717, 1.165) is 16.9 Å². The fraction of sp³-hybridized carbons (Fsp3) is 0.222. The van der Waals surface area contributed by atoms with Crippen molar-refractivity contribution in [2.24, 2.45) is 0 Å². The van der Waals surface area contributed by atoms with Crippen molar-refractivity contribution in [3.05, 3.63) is 59.7 Å². The SMILES string of the molecule is Cc1ccc(CNC(=O)C[C@H]2Nc3ccccc3NC2=O)cc1. The third-order valence-electron chi connectivity index (χ3n) is 3.83. The Labute approximate surface area is 135 Å². The largest absolute Gasteiger partial charge is 0.372 e. The van der Waals surface area contributed by atoms with Crippen LogP contribution in [0.25, 0.3) is 0 Å². The van der Waals surface area contributed by atoms with Crippen LogP contribution in [-0.2, 0) is 16.1 Å². The van der Waals surface area contributed by atoms with Crippen molar-refractivity contribution in [1.82, 2.24) is 5.32 Å². The standard InChI is InChI=1S/C18H19N3O2/c1-12-6-8-13(9-7-12)11-19-17(22)10-16-18(23)21-15-5-3-2-4-14(15)20-16/h2-9,16,20H,10-11H2,1H3,(H,19,22)(H,21,23)/t16-/m1/s1. The van der Waals surface area contributed by atoms with Gasteiger partial charge in [-0.3, -0.25) is 9.59 Å². The van der Waals surface area contributed by atoms with Gasteiger partial charge in [0.25, 0.3) is 0 Å². The topological polar surface area (TPSA) is 70.2 Å². The molecule has 3 N–H and O–H groups in total. The lowest BCUT2D eigenvalue weighted by molar-refractivity contribution is -0.125. The molecule has 5 heteroatoms. The van der Waals surface area contributed by atoms with Gasteiger partial charge in [-0.05, 0) is 24.6 Å². The summed E-state index contributed by atoms with van der Waals surface area (Å²) >= 11 is 0. The van der Waals surface area contributed by atoms with E-state index in [9.17, 15) is 9.59 Å². The predicted molar refractivity (Wildman–Crippen MR) is 90.1 cm³/mol. The fourth-order valence-electron chi connectivity index (χ4n) is 2.50. The molecule has 2 aromatic rings. The van der Waals surface area contributed by atoms with Crippen molar-refractivity contribution in [2.45, 2.75) is 25.9 Å². The van der Waals surface area contributed by atoms with Gasteiger partial charge in [0.15, 0.2) is 0 Å². The minimum atomic E-state index is -0.553. The average Bonchev–Trinajstić information content (AvgIpc) is 2.55. The van der Waals surface area contributed by atoms with Gasteiger partial charge in [-0.15, -0.1) is 0 Å². The number of carbonyl (C=O) groups is 2. The van der Waals surface area contributed by atoms with Crippen molar-refractivity contribution in [3.63, 3.8) is 0 Å². The summed E-state index contributed by atoms with van der Waals surface area (Å²) in [5.74, 6) is -0.341. The van der Waals surface area contributed by atoms with E-state index in [1.165, 1.54) is 5.56 Å². The molecule has 2 amide bonds. The number of aryl methyl sites for hydroxylation is 1. The number of benzene rings is 2. The van der Waals surface area contributed by atoms with Gasteiger partial charge in [0, 0.05) is 6.54 Å². The molecule has 0 saturated carbocycles. The summed E-state index contributed by atoms with van der Waals surface area (Å²) < 4.78 is 0. The number of carbonyl (C=O) groups excluding carboxylic acids is 2. The Bertz CT molecular complexity index is 725. The number of fused-ring (bicyclic) bond motifs is 1. The molecule has 2 aromatic carbocycles. The normalized spacial score (nSPS) is 16.0. The number of amides is 2. The number of rotatable bonds is 4. The summed E-state index contributed by atoms with van der Waals surface area (Å²) in [6.45, 7) is 2.48. The van der Waals surface area contributed by atoms with E-state index in [-0.39, 0.29) is 18.2 Å². The lowest BCUT2D eigenvalue weighted by atomic mass is 10.1.